The van der Waals surface area contributed by atoms with Gasteiger partial charge in [-0.3, -0.25) is 9.78 Å². The molecule has 0 spiro atoms. The lowest BCUT2D eigenvalue weighted by atomic mass is 10.1. The summed E-state index contributed by atoms with van der Waals surface area (Å²) in [5.74, 6) is -2.37. The summed E-state index contributed by atoms with van der Waals surface area (Å²) in [5, 5.41) is 0. The molecule has 11 heteroatoms. The number of nitrogens with zero attached hydrogens (tertiary/aromatic N) is 1. The van der Waals surface area contributed by atoms with Crippen LogP contribution >= 0.6 is 0 Å². The van der Waals surface area contributed by atoms with Crippen molar-refractivity contribution in [2.75, 3.05) is 6.61 Å². The monoisotopic (exact) mass is 346 g/mol. The predicted molar refractivity (Wildman–Crippen MR) is 64.2 cm³/mol. The van der Waals surface area contributed by atoms with Crippen molar-refractivity contribution in [1.29, 1.82) is 0 Å². The molecule has 0 aliphatic rings. The topological polar surface area (TPSA) is 74.4 Å². The van der Waals surface area contributed by atoms with Crippen LogP contribution in [0.2, 0.25) is 0 Å². The third kappa shape index (κ3) is 5.58. The predicted octanol–water partition coefficient (Wildman–Crippen LogP) is 2.56. The van der Waals surface area contributed by atoms with Crippen molar-refractivity contribution in [2.45, 2.75) is 32.4 Å². The number of hydrogen-bond donors (Lipinski definition) is 1. The Labute approximate surface area is 126 Å². The summed E-state index contributed by atoms with van der Waals surface area (Å²) < 4.78 is 83.8. The lowest BCUT2D eigenvalue weighted by Crippen LogP contribution is -2.23. The first kappa shape index (κ1) is 19.0. The van der Waals surface area contributed by atoms with Gasteiger partial charge in [-0.2, -0.15) is 13.2 Å². The zero-order valence-corrected chi connectivity index (χ0v) is 11.7. The van der Waals surface area contributed by atoms with Gasteiger partial charge >= 0.3 is 18.5 Å². The average molecular weight is 346 g/mol. The summed E-state index contributed by atoms with van der Waals surface area (Å²) in [7, 11) is 0. The van der Waals surface area contributed by atoms with Crippen LogP contribution in [0.1, 0.15) is 23.9 Å². The smallest absolute Gasteiger partial charge is 0.466 e. The van der Waals surface area contributed by atoms with E-state index in [0.29, 0.717) is 6.07 Å². The highest BCUT2D eigenvalue weighted by Gasteiger charge is 2.42. The largest absolute Gasteiger partial charge is 0.573 e. The Balaban J connectivity index is 3.38. The van der Waals surface area contributed by atoms with Crippen molar-refractivity contribution in [3.8, 4) is 5.75 Å². The summed E-state index contributed by atoms with van der Waals surface area (Å²) in [6.07, 6.45) is -11.1. The van der Waals surface area contributed by atoms with Gasteiger partial charge in [-0.25, -0.2) is 0 Å². The van der Waals surface area contributed by atoms with Crippen molar-refractivity contribution in [3.63, 3.8) is 0 Å². The van der Waals surface area contributed by atoms with Crippen LogP contribution in [0.3, 0.4) is 0 Å². The quantitative estimate of drug-likeness (QED) is 0.655. The molecule has 0 bridgehead atoms. The highest BCUT2D eigenvalue weighted by Crippen LogP contribution is 2.40. The molecule has 1 aromatic rings. The van der Waals surface area contributed by atoms with Crippen LogP contribution in [0.15, 0.2) is 6.07 Å². The van der Waals surface area contributed by atoms with Gasteiger partial charge in [0.15, 0.2) is 0 Å². The Morgan fingerprint density at radius 1 is 1.26 bits per heavy atom. The number of rotatable bonds is 5. The summed E-state index contributed by atoms with van der Waals surface area (Å²) >= 11 is 0. The first-order chi connectivity index (χ1) is 10.5. The second kappa shape index (κ2) is 7.02. The average Bonchev–Trinajstić information content (AvgIpc) is 2.34. The molecule has 130 valence electrons. The zero-order valence-electron chi connectivity index (χ0n) is 11.7. The molecule has 2 N–H and O–H groups in total. The molecule has 0 aliphatic carbocycles. The first-order valence-electron chi connectivity index (χ1n) is 6.19. The number of nitrogens with two attached hydrogens (primary N) is 1. The van der Waals surface area contributed by atoms with Gasteiger partial charge in [0, 0.05) is 12.6 Å². The van der Waals surface area contributed by atoms with Crippen LogP contribution in [0.25, 0.3) is 0 Å². The number of halogens is 6. The number of carbonyl (C=O) groups excluding carboxylic acids is 1. The van der Waals surface area contributed by atoms with Crippen molar-refractivity contribution in [3.05, 3.63) is 23.0 Å². The Kier molecular flexibility index (Phi) is 5.81. The summed E-state index contributed by atoms with van der Waals surface area (Å²) in [5.41, 5.74) is 2.15. The molecule has 0 fully saturated rings. The summed E-state index contributed by atoms with van der Waals surface area (Å²) in [4.78, 5) is 14.8. The molecular formula is C12H12F6N2O3. The van der Waals surface area contributed by atoms with Crippen LogP contribution < -0.4 is 10.5 Å². The summed E-state index contributed by atoms with van der Waals surface area (Å²) in [6, 6.07) is 0.395. The van der Waals surface area contributed by atoms with E-state index < -0.39 is 48.5 Å². The van der Waals surface area contributed by atoms with Gasteiger partial charge in [-0.1, -0.05) is 0 Å². The fourth-order valence-electron chi connectivity index (χ4n) is 1.73. The van der Waals surface area contributed by atoms with E-state index in [4.69, 9.17) is 5.73 Å². The molecule has 0 aromatic carbocycles. The van der Waals surface area contributed by atoms with Crippen LogP contribution in [-0.2, 0) is 28.7 Å². The van der Waals surface area contributed by atoms with Gasteiger partial charge in [-0.15, -0.1) is 13.2 Å². The molecule has 0 amide bonds. The van der Waals surface area contributed by atoms with E-state index >= 15 is 0 Å². The van der Waals surface area contributed by atoms with E-state index in [-0.39, 0.29) is 12.3 Å². The lowest BCUT2D eigenvalue weighted by molar-refractivity contribution is -0.276. The summed E-state index contributed by atoms with van der Waals surface area (Å²) in [6.45, 7) is 0.691. The Bertz CT molecular complexity index is 571. The first-order valence-corrected chi connectivity index (χ1v) is 6.19. The lowest BCUT2D eigenvalue weighted by Gasteiger charge is -2.18. The number of esters is 1. The molecule has 0 saturated carbocycles. The minimum atomic E-state index is -5.35. The third-order valence-corrected chi connectivity index (χ3v) is 2.44. The fraction of sp³-hybridized carbons (Fsp3) is 0.500. The van der Waals surface area contributed by atoms with Gasteiger partial charge in [0.05, 0.1) is 24.4 Å². The number of alkyl halides is 6. The standard InChI is InChI=1S/C12H12F6N2O3/c1-2-22-9(21)4-6-3-8(23-12(16,17)18)10(11(13,14)15)7(5-19)20-6/h3H,2,4-5,19H2,1H3. The molecule has 1 heterocycles. The van der Waals surface area contributed by atoms with Crippen molar-refractivity contribution in [1.82, 2.24) is 4.98 Å². The number of aromatic nitrogens is 1. The van der Waals surface area contributed by atoms with E-state index in [0.717, 1.165) is 0 Å². The van der Waals surface area contributed by atoms with Gasteiger partial charge < -0.3 is 15.2 Å². The fourth-order valence-corrected chi connectivity index (χ4v) is 1.73. The van der Waals surface area contributed by atoms with E-state index in [1.165, 1.54) is 6.92 Å². The number of hydrogen-bond acceptors (Lipinski definition) is 5. The molecule has 0 radical (unpaired) electrons. The minimum Gasteiger partial charge on any atom is -0.466 e. The van der Waals surface area contributed by atoms with E-state index in [9.17, 15) is 31.1 Å². The molecule has 0 unspecified atom stereocenters. The van der Waals surface area contributed by atoms with Gasteiger partial charge in [-0.05, 0) is 6.92 Å². The van der Waals surface area contributed by atoms with Crippen LogP contribution in [0, 0.1) is 0 Å². The number of ether oxygens (including phenoxy) is 2. The van der Waals surface area contributed by atoms with Gasteiger partial charge in [0.1, 0.15) is 11.3 Å². The number of carbonyl (C=O) groups is 1. The number of pyridine rings is 1. The van der Waals surface area contributed by atoms with E-state index in [1.54, 1.807) is 0 Å². The minimum absolute atomic E-state index is 0.00484. The Morgan fingerprint density at radius 3 is 2.30 bits per heavy atom. The molecule has 0 aliphatic heterocycles. The van der Waals surface area contributed by atoms with Crippen molar-refractivity contribution in [2.24, 2.45) is 5.73 Å². The zero-order chi connectivity index (χ0) is 17.8. The normalized spacial score (nSPS) is 12.2. The molecule has 1 aromatic heterocycles. The van der Waals surface area contributed by atoms with Crippen LogP contribution in [0.5, 0.6) is 5.75 Å². The SMILES string of the molecule is CCOC(=O)Cc1cc(OC(F)(F)F)c(C(F)(F)F)c(CN)n1. The van der Waals surface area contributed by atoms with E-state index in [1.807, 2.05) is 0 Å². The van der Waals surface area contributed by atoms with Gasteiger partial charge in [0.25, 0.3) is 0 Å². The van der Waals surface area contributed by atoms with Crippen LogP contribution in [0.4, 0.5) is 26.3 Å². The highest BCUT2D eigenvalue weighted by molar-refractivity contribution is 5.72. The highest BCUT2D eigenvalue weighted by atomic mass is 19.4. The molecule has 1 rings (SSSR count). The molecule has 0 atom stereocenters. The van der Waals surface area contributed by atoms with Crippen LogP contribution in [-0.4, -0.2) is 23.9 Å². The second-order valence-electron chi connectivity index (χ2n) is 4.16. The third-order valence-electron chi connectivity index (χ3n) is 2.44. The van der Waals surface area contributed by atoms with E-state index in [2.05, 4.69) is 14.5 Å². The maximum Gasteiger partial charge on any atom is 0.573 e. The Hall–Kier alpha value is -2.04. The van der Waals surface area contributed by atoms with Gasteiger partial charge in [0.2, 0.25) is 0 Å². The maximum absolute atomic E-state index is 13.0. The van der Waals surface area contributed by atoms with Crippen molar-refractivity contribution >= 4 is 5.97 Å². The second-order valence-corrected chi connectivity index (χ2v) is 4.16. The van der Waals surface area contributed by atoms with Crippen molar-refractivity contribution < 1.29 is 40.6 Å². The molecular weight excluding hydrogens is 334 g/mol. The Morgan fingerprint density at radius 2 is 1.87 bits per heavy atom. The molecule has 5 nitrogen and oxygen atoms in total. The maximum atomic E-state index is 13.0. The molecule has 23 heavy (non-hydrogen) atoms. The molecule has 0 saturated heterocycles.